The number of rotatable bonds is 5. The lowest BCUT2D eigenvalue weighted by Gasteiger charge is -2.45. The molecular formula is C20H29N3O3S. The van der Waals surface area contributed by atoms with Gasteiger partial charge in [0.25, 0.3) is 5.82 Å². The number of benzene rings is 1. The van der Waals surface area contributed by atoms with Gasteiger partial charge in [-0.05, 0) is 25.0 Å². The third-order valence-corrected chi connectivity index (χ3v) is 8.81. The Labute approximate surface area is 162 Å². The summed E-state index contributed by atoms with van der Waals surface area (Å²) >= 11 is 0. The number of hydrogen-bond donors (Lipinski definition) is 0. The molecule has 7 heteroatoms. The van der Waals surface area contributed by atoms with Gasteiger partial charge in [0.2, 0.25) is 0 Å². The molecule has 0 amide bonds. The number of nitrogens with zero attached hydrogens (tertiary/aromatic N) is 3. The number of aromatic nitrogens is 3. The molecule has 1 aliphatic rings. The molecule has 2 heterocycles. The molecule has 0 unspecified atom stereocenters. The fourth-order valence-corrected chi connectivity index (χ4v) is 3.98. The highest BCUT2D eigenvalue weighted by molar-refractivity contribution is 8.29. The first-order valence-corrected chi connectivity index (χ1v) is 11.6. The molecule has 1 aliphatic heterocycles. The van der Waals surface area contributed by atoms with Crippen LogP contribution in [-0.2, 0) is 8.92 Å². The highest BCUT2D eigenvalue weighted by Crippen LogP contribution is 2.58. The smallest absolute Gasteiger partial charge is 0.378 e. The van der Waals surface area contributed by atoms with Crippen LogP contribution in [0.5, 0.6) is 0 Å². The van der Waals surface area contributed by atoms with Crippen molar-refractivity contribution in [1.29, 1.82) is 0 Å². The number of ether oxygens (including phenoxy) is 1. The zero-order valence-electron chi connectivity index (χ0n) is 16.9. The van der Waals surface area contributed by atoms with Gasteiger partial charge >= 0.3 is 5.97 Å². The molecule has 0 N–H and O–H groups in total. The molecule has 0 bridgehead atoms. The number of carbonyl (C=O) groups is 1. The Morgan fingerprint density at radius 1 is 1.26 bits per heavy atom. The van der Waals surface area contributed by atoms with Crippen LogP contribution in [0.2, 0.25) is 0 Å². The molecule has 1 aromatic heterocycles. The number of fused-ring (bicyclic) bond motifs is 1. The molecule has 148 valence electrons. The van der Waals surface area contributed by atoms with Gasteiger partial charge in [-0.3, -0.25) is 0 Å². The zero-order valence-corrected chi connectivity index (χ0v) is 17.7. The Morgan fingerprint density at radius 3 is 2.52 bits per heavy atom. The average Bonchev–Trinajstić information content (AvgIpc) is 3.15. The lowest BCUT2D eigenvalue weighted by molar-refractivity contribution is 0.0511. The minimum Gasteiger partial charge on any atom is -0.460 e. The first-order chi connectivity index (χ1) is 12.6. The molecule has 0 fully saturated rings. The van der Waals surface area contributed by atoms with E-state index >= 15 is 0 Å². The van der Waals surface area contributed by atoms with Gasteiger partial charge in [0, 0.05) is 11.2 Å². The van der Waals surface area contributed by atoms with Gasteiger partial charge in [0.1, 0.15) is 6.10 Å². The lowest BCUT2D eigenvalue weighted by atomic mass is 10.0. The summed E-state index contributed by atoms with van der Waals surface area (Å²) in [5, 5.41) is 4.47. The summed E-state index contributed by atoms with van der Waals surface area (Å²) in [6.45, 7) is 8.66. The number of carbonyl (C=O) groups excluding carboxylic acids is 1. The van der Waals surface area contributed by atoms with Gasteiger partial charge in [-0.25, -0.2) is 14.5 Å². The second-order valence-electron chi connectivity index (χ2n) is 8.05. The maximum atomic E-state index is 12.1. The topological polar surface area (TPSA) is 66.2 Å². The third-order valence-electron chi connectivity index (χ3n) is 5.15. The summed E-state index contributed by atoms with van der Waals surface area (Å²) in [6, 6.07) is 10.2. The Hall–Kier alpha value is -1.86. The lowest BCUT2D eigenvalue weighted by Crippen LogP contribution is -2.26. The van der Waals surface area contributed by atoms with Crippen LogP contribution in [0.1, 0.15) is 68.3 Å². The summed E-state index contributed by atoms with van der Waals surface area (Å²) in [5.74, 6) is 0.314. The first kappa shape index (κ1) is 19.9. The van der Waals surface area contributed by atoms with E-state index in [2.05, 4.69) is 55.5 Å². The number of hydrogen-bond acceptors (Lipinski definition) is 5. The van der Waals surface area contributed by atoms with Crippen LogP contribution < -0.4 is 0 Å². The minimum absolute atomic E-state index is 0.00274. The molecule has 0 radical (unpaired) electrons. The van der Waals surface area contributed by atoms with Gasteiger partial charge in [0.15, 0.2) is 5.82 Å². The molecule has 3 rings (SSSR count). The fraction of sp³-hybridized carbons (Fsp3) is 0.550. The summed E-state index contributed by atoms with van der Waals surface area (Å²) in [7, 11) is -1.35. The summed E-state index contributed by atoms with van der Waals surface area (Å²) < 4.78 is 13.6. The molecule has 27 heavy (non-hydrogen) atoms. The molecule has 0 saturated heterocycles. The van der Waals surface area contributed by atoms with Crippen LogP contribution in [0.3, 0.4) is 0 Å². The Bertz CT molecular complexity index is 812. The second-order valence-corrected chi connectivity index (χ2v) is 11.9. The molecule has 2 aromatic rings. The molecule has 0 saturated carbocycles. The van der Waals surface area contributed by atoms with Gasteiger partial charge in [0.05, 0.1) is 12.6 Å². The van der Waals surface area contributed by atoms with Crippen molar-refractivity contribution in [2.45, 2.75) is 51.0 Å². The van der Waals surface area contributed by atoms with Crippen molar-refractivity contribution in [3.63, 3.8) is 0 Å². The standard InChI is InChI=1S/C20H29N3O3S/c1-7-25-19(24)17-21-18-16(26-27(5,6)20(2,3)4)13-15(23(18)22-17)14-11-9-8-10-12-14/h8-12,15-16H,7,13H2,1-6H3/t15-,16+/m0/s1. The molecule has 0 aliphatic carbocycles. The maximum absolute atomic E-state index is 12.1. The van der Waals surface area contributed by atoms with Gasteiger partial charge in [-0.2, -0.15) is 0 Å². The van der Waals surface area contributed by atoms with Crippen LogP contribution in [0.15, 0.2) is 30.3 Å². The van der Waals surface area contributed by atoms with Gasteiger partial charge in [-0.15, -0.1) is 15.4 Å². The van der Waals surface area contributed by atoms with Crippen molar-refractivity contribution < 1.29 is 13.7 Å². The monoisotopic (exact) mass is 391 g/mol. The predicted molar refractivity (Wildman–Crippen MR) is 108 cm³/mol. The van der Waals surface area contributed by atoms with E-state index in [9.17, 15) is 4.79 Å². The summed E-state index contributed by atoms with van der Waals surface area (Å²) in [5.41, 5.74) is 1.13. The van der Waals surface area contributed by atoms with E-state index in [-0.39, 0.29) is 22.7 Å². The van der Waals surface area contributed by atoms with Gasteiger partial charge < -0.3 is 8.92 Å². The molecule has 6 nitrogen and oxygen atoms in total. The van der Waals surface area contributed by atoms with E-state index in [1.807, 2.05) is 22.9 Å². The van der Waals surface area contributed by atoms with E-state index in [4.69, 9.17) is 8.92 Å². The van der Waals surface area contributed by atoms with Crippen molar-refractivity contribution >= 4 is 16.3 Å². The largest absolute Gasteiger partial charge is 0.460 e. The zero-order chi connectivity index (χ0) is 19.8. The fourth-order valence-electron chi connectivity index (χ4n) is 2.94. The Kier molecular flexibility index (Phi) is 5.36. The summed E-state index contributed by atoms with van der Waals surface area (Å²) in [6.07, 6.45) is 4.91. The first-order valence-electron chi connectivity index (χ1n) is 9.23. The molecule has 0 spiro atoms. The van der Waals surface area contributed by atoms with Crippen molar-refractivity contribution in [3.05, 3.63) is 47.5 Å². The van der Waals surface area contributed by atoms with E-state index in [0.29, 0.717) is 12.4 Å². The Balaban J connectivity index is 1.98. The predicted octanol–water partition coefficient (Wildman–Crippen LogP) is 4.28. The van der Waals surface area contributed by atoms with Crippen molar-refractivity contribution in [1.82, 2.24) is 14.8 Å². The van der Waals surface area contributed by atoms with E-state index in [0.717, 1.165) is 12.0 Å². The van der Waals surface area contributed by atoms with Crippen LogP contribution in [-0.4, -0.2) is 44.6 Å². The highest BCUT2D eigenvalue weighted by atomic mass is 32.3. The maximum Gasteiger partial charge on any atom is 0.378 e. The van der Waals surface area contributed by atoms with E-state index < -0.39 is 16.3 Å². The van der Waals surface area contributed by atoms with E-state index in [1.54, 1.807) is 6.92 Å². The molecular weight excluding hydrogens is 362 g/mol. The third kappa shape index (κ3) is 3.89. The van der Waals surface area contributed by atoms with Crippen LogP contribution >= 0.6 is 10.3 Å². The Morgan fingerprint density at radius 2 is 1.93 bits per heavy atom. The normalized spacial score (nSPS) is 20.4. The van der Waals surface area contributed by atoms with Crippen LogP contribution in [0.25, 0.3) is 0 Å². The summed E-state index contributed by atoms with van der Waals surface area (Å²) in [4.78, 5) is 16.6. The highest BCUT2D eigenvalue weighted by Gasteiger charge is 2.41. The van der Waals surface area contributed by atoms with Crippen LogP contribution in [0.4, 0.5) is 0 Å². The minimum atomic E-state index is -1.35. The number of esters is 1. The SMILES string of the molecule is CCOC(=O)c1nc2n(n1)[C@H](c1ccccc1)C[C@H]2OS(C)(C)C(C)(C)C. The van der Waals surface area contributed by atoms with Crippen molar-refractivity contribution in [2.24, 2.45) is 0 Å². The van der Waals surface area contributed by atoms with Crippen LogP contribution in [0, 0.1) is 0 Å². The molecule has 2 atom stereocenters. The van der Waals surface area contributed by atoms with Crippen molar-refractivity contribution in [2.75, 3.05) is 19.1 Å². The van der Waals surface area contributed by atoms with Crippen molar-refractivity contribution in [3.8, 4) is 0 Å². The van der Waals surface area contributed by atoms with E-state index in [1.165, 1.54) is 0 Å². The quantitative estimate of drug-likeness (QED) is 0.712. The second kappa shape index (κ2) is 7.28. The van der Waals surface area contributed by atoms with Gasteiger partial charge in [-0.1, -0.05) is 51.1 Å². The molecule has 1 aromatic carbocycles. The average molecular weight is 392 g/mol.